The molecule has 0 bridgehead atoms. The highest BCUT2D eigenvalue weighted by atomic mass is 127. The molecule has 0 amide bonds. The van der Waals surface area contributed by atoms with Crippen LogP contribution in [0, 0.1) is 5.82 Å². The fraction of sp³-hybridized carbons (Fsp3) is 0.381. The zero-order valence-corrected chi connectivity index (χ0v) is 18.7. The quantitative estimate of drug-likeness (QED) is 0.390. The van der Waals surface area contributed by atoms with Crippen LogP contribution in [-0.2, 0) is 17.9 Å². The Morgan fingerprint density at radius 1 is 1.07 bits per heavy atom. The molecular formula is C21H28FIN4O. The molecule has 2 aromatic rings. The molecule has 3 rings (SSSR count). The lowest BCUT2D eigenvalue weighted by molar-refractivity contribution is 0.185. The number of piperazine rings is 1. The number of benzene rings is 2. The predicted molar refractivity (Wildman–Crippen MR) is 123 cm³/mol. The molecule has 0 spiro atoms. The molecule has 0 saturated carbocycles. The number of ether oxygens (including phenoxy) is 1. The molecule has 1 fully saturated rings. The Balaban J connectivity index is 0.00000280. The minimum atomic E-state index is -0.163. The van der Waals surface area contributed by atoms with Gasteiger partial charge in [-0.3, -0.25) is 4.99 Å². The number of nitrogens with zero attached hydrogens (tertiary/aromatic N) is 3. The first-order chi connectivity index (χ1) is 13.2. The molecule has 28 heavy (non-hydrogen) atoms. The third-order valence-electron chi connectivity index (χ3n) is 4.74. The van der Waals surface area contributed by atoms with Crippen LogP contribution in [0.25, 0.3) is 0 Å². The smallest absolute Gasteiger partial charge is 0.194 e. The normalized spacial score (nSPS) is 14.6. The Bertz CT molecular complexity index is 779. The van der Waals surface area contributed by atoms with Gasteiger partial charge in [0.15, 0.2) is 5.96 Å². The monoisotopic (exact) mass is 498 g/mol. The Morgan fingerprint density at radius 3 is 2.46 bits per heavy atom. The van der Waals surface area contributed by atoms with E-state index in [1.807, 2.05) is 18.2 Å². The van der Waals surface area contributed by atoms with Crippen LogP contribution in [-0.4, -0.2) is 51.2 Å². The molecule has 5 nitrogen and oxygen atoms in total. The van der Waals surface area contributed by atoms with Gasteiger partial charge >= 0.3 is 0 Å². The lowest BCUT2D eigenvalue weighted by Crippen LogP contribution is -2.52. The number of guanidine groups is 1. The molecule has 0 atom stereocenters. The van der Waals surface area contributed by atoms with E-state index in [4.69, 9.17) is 4.74 Å². The van der Waals surface area contributed by atoms with Crippen molar-refractivity contribution >= 4 is 35.6 Å². The SMILES string of the molecule is CN=C(NCc1cccc(COC)c1)N1CCN(c2ccccc2F)CC1.I. The van der Waals surface area contributed by atoms with Crippen LogP contribution in [0.1, 0.15) is 11.1 Å². The number of hydrogen-bond acceptors (Lipinski definition) is 3. The Morgan fingerprint density at radius 2 is 1.79 bits per heavy atom. The Hall–Kier alpha value is -1.87. The molecule has 2 aromatic carbocycles. The van der Waals surface area contributed by atoms with Gasteiger partial charge in [0.25, 0.3) is 0 Å². The van der Waals surface area contributed by atoms with Crippen LogP contribution in [0.15, 0.2) is 53.5 Å². The van der Waals surface area contributed by atoms with Crippen molar-refractivity contribution in [3.63, 3.8) is 0 Å². The van der Waals surface area contributed by atoms with E-state index in [1.54, 1.807) is 20.2 Å². The lowest BCUT2D eigenvalue weighted by Gasteiger charge is -2.37. The van der Waals surface area contributed by atoms with Gasteiger partial charge in [0.2, 0.25) is 0 Å². The summed E-state index contributed by atoms with van der Waals surface area (Å²) in [6.07, 6.45) is 0. The minimum absolute atomic E-state index is 0. The Labute approximate surface area is 183 Å². The average Bonchev–Trinajstić information content (AvgIpc) is 2.70. The summed E-state index contributed by atoms with van der Waals surface area (Å²) in [5.41, 5.74) is 3.02. The molecule has 1 saturated heterocycles. The molecule has 1 aliphatic rings. The van der Waals surface area contributed by atoms with E-state index >= 15 is 0 Å². The summed E-state index contributed by atoms with van der Waals surface area (Å²) in [5, 5.41) is 3.43. The third-order valence-corrected chi connectivity index (χ3v) is 4.74. The van der Waals surface area contributed by atoms with Crippen LogP contribution in [0.2, 0.25) is 0 Å². The molecule has 0 unspecified atom stereocenters. The highest BCUT2D eigenvalue weighted by Crippen LogP contribution is 2.20. The van der Waals surface area contributed by atoms with Crippen molar-refractivity contribution in [2.24, 2.45) is 4.99 Å². The molecule has 1 N–H and O–H groups in total. The van der Waals surface area contributed by atoms with Gasteiger partial charge in [-0.1, -0.05) is 36.4 Å². The predicted octanol–water partition coefficient (Wildman–Crippen LogP) is 3.49. The van der Waals surface area contributed by atoms with Gasteiger partial charge in [-0.15, -0.1) is 24.0 Å². The summed E-state index contributed by atoms with van der Waals surface area (Å²) in [4.78, 5) is 8.72. The van der Waals surface area contributed by atoms with Crippen LogP contribution in [0.5, 0.6) is 0 Å². The zero-order valence-electron chi connectivity index (χ0n) is 16.4. The second kappa shape index (κ2) is 11.2. The first-order valence-corrected chi connectivity index (χ1v) is 9.23. The minimum Gasteiger partial charge on any atom is -0.380 e. The number of aliphatic imine (C=N–C) groups is 1. The van der Waals surface area contributed by atoms with Crippen LogP contribution >= 0.6 is 24.0 Å². The number of nitrogens with one attached hydrogen (secondary N) is 1. The fourth-order valence-corrected chi connectivity index (χ4v) is 3.38. The lowest BCUT2D eigenvalue weighted by atomic mass is 10.1. The van der Waals surface area contributed by atoms with Crippen molar-refractivity contribution in [3.8, 4) is 0 Å². The van der Waals surface area contributed by atoms with Crippen molar-refractivity contribution in [2.75, 3.05) is 45.2 Å². The van der Waals surface area contributed by atoms with Crippen molar-refractivity contribution in [1.29, 1.82) is 0 Å². The van der Waals surface area contributed by atoms with E-state index in [2.05, 4.69) is 38.3 Å². The van der Waals surface area contributed by atoms with Gasteiger partial charge in [0, 0.05) is 46.9 Å². The molecule has 1 aliphatic heterocycles. The van der Waals surface area contributed by atoms with Crippen molar-refractivity contribution < 1.29 is 9.13 Å². The fourth-order valence-electron chi connectivity index (χ4n) is 3.38. The van der Waals surface area contributed by atoms with Crippen molar-refractivity contribution in [3.05, 3.63) is 65.5 Å². The molecule has 0 radical (unpaired) electrons. The average molecular weight is 498 g/mol. The van der Waals surface area contributed by atoms with Gasteiger partial charge in [-0.05, 0) is 23.3 Å². The molecule has 152 valence electrons. The van der Waals surface area contributed by atoms with E-state index in [9.17, 15) is 4.39 Å². The summed E-state index contributed by atoms with van der Waals surface area (Å²) in [5.74, 6) is 0.713. The molecule has 7 heteroatoms. The molecule has 0 aromatic heterocycles. The second-order valence-corrected chi connectivity index (χ2v) is 6.58. The van der Waals surface area contributed by atoms with Gasteiger partial charge in [0.1, 0.15) is 5.82 Å². The molecule has 0 aliphatic carbocycles. The number of halogens is 2. The molecule has 1 heterocycles. The number of rotatable bonds is 5. The van der Waals surface area contributed by atoms with Gasteiger partial charge in [-0.25, -0.2) is 4.39 Å². The second-order valence-electron chi connectivity index (χ2n) is 6.58. The van der Waals surface area contributed by atoms with Crippen molar-refractivity contribution in [2.45, 2.75) is 13.2 Å². The summed E-state index contributed by atoms with van der Waals surface area (Å²) >= 11 is 0. The third kappa shape index (κ3) is 5.81. The maximum atomic E-state index is 14.0. The highest BCUT2D eigenvalue weighted by Gasteiger charge is 2.21. The van der Waals surface area contributed by atoms with E-state index in [0.717, 1.165) is 37.7 Å². The first kappa shape index (κ1) is 22.4. The van der Waals surface area contributed by atoms with Crippen LogP contribution in [0.3, 0.4) is 0 Å². The zero-order chi connectivity index (χ0) is 19.1. The Kier molecular flexibility index (Phi) is 8.98. The number of methoxy groups -OCH3 is 1. The first-order valence-electron chi connectivity index (χ1n) is 9.23. The number of hydrogen-bond donors (Lipinski definition) is 1. The van der Waals surface area contributed by atoms with Crippen molar-refractivity contribution in [1.82, 2.24) is 10.2 Å². The molecular weight excluding hydrogens is 470 g/mol. The van der Waals surface area contributed by atoms with Crippen LogP contribution < -0.4 is 10.2 Å². The van der Waals surface area contributed by atoms with Gasteiger partial charge < -0.3 is 19.9 Å². The summed E-state index contributed by atoms with van der Waals surface area (Å²) < 4.78 is 19.2. The van der Waals surface area contributed by atoms with E-state index in [0.29, 0.717) is 18.8 Å². The summed E-state index contributed by atoms with van der Waals surface area (Å²) in [6.45, 7) is 4.46. The number of anilines is 1. The summed E-state index contributed by atoms with van der Waals surface area (Å²) in [6, 6.07) is 15.3. The maximum absolute atomic E-state index is 14.0. The standard InChI is InChI=1S/C21H27FN4O.HI/c1-23-21(24-15-17-6-5-7-18(14-17)16-27-2)26-12-10-25(11-13-26)20-9-4-3-8-19(20)22;/h3-9,14H,10-13,15-16H2,1-2H3,(H,23,24);1H. The van der Waals surface area contributed by atoms with Gasteiger partial charge in [-0.2, -0.15) is 0 Å². The van der Waals surface area contributed by atoms with E-state index in [1.165, 1.54) is 11.6 Å². The topological polar surface area (TPSA) is 40.1 Å². The highest BCUT2D eigenvalue weighted by molar-refractivity contribution is 14.0. The van der Waals surface area contributed by atoms with E-state index in [-0.39, 0.29) is 29.8 Å². The summed E-state index contributed by atoms with van der Waals surface area (Å²) in [7, 11) is 3.50. The maximum Gasteiger partial charge on any atom is 0.194 e. The van der Waals surface area contributed by atoms with E-state index < -0.39 is 0 Å². The van der Waals surface area contributed by atoms with Gasteiger partial charge in [0.05, 0.1) is 12.3 Å². The van der Waals surface area contributed by atoms with Crippen LogP contribution in [0.4, 0.5) is 10.1 Å². The number of para-hydroxylation sites is 1. The largest absolute Gasteiger partial charge is 0.380 e.